The number of halogens is 2. The van der Waals surface area contributed by atoms with Crippen LogP contribution in [0, 0.1) is 15.5 Å². The number of nitro benzene ring substituents is 1. The highest BCUT2D eigenvalue weighted by Crippen LogP contribution is 2.33. The number of benzene rings is 1. The average Bonchev–Trinajstić information content (AvgIpc) is 2.31. The maximum absolute atomic E-state index is 11.2. The van der Waals surface area contributed by atoms with Gasteiger partial charge >= 0.3 is 0 Å². The molecule has 0 spiro atoms. The number of likely N-dealkylation sites (N-methyl/N-ethyl adjacent to an activating group) is 1. The number of nitrogens with zero attached hydrogens (tertiary/aromatic N) is 1. The summed E-state index contributed by atoms with van der Waals surface area (Å²) in [5, 5.41) is 15.1. The summed E-state index contributed by atoms with van der Waals surface area (Å²) in [6.07, 6.45) is 0.532. The molecule has 1 N–H and O–H groups in total. The Morgan fingerprint density at radius 3 is 2.30 bits per heavy atom. The van der Waals surface area contributed by atoms with Gasteiger partial charge in [-0.25, -0.2) is 0 Å². The summed E-state index contributed by atoms with van der Waals surface area (Å²) in [4.78, 5) is 10.7. The molecule has 0 aromatic heterocycles. The molecule has 0 aliphatic carbocycles. The van der Waals surface area contributed by atoms with Crippen molar-refractivity contribution < 1.29 is 4.92 Å². The molecule has 6 heteroatoms. The second-order valence-corrected chi connectivity index (χ2v) is 6.65. The molecular weight excluding hydrogens is 299 g/mol. The van der Waals surface area contributed by atoms with Gasteiger partial charge in [0.1, 0.15) is 0 Å². The molecule has 1 aromatic rings. The lowest BCUT2D eigenvalue weighted by molar-refractivity contribution is -0.385. The molecule has 1 rings (SSSR count). The van der Waals surface area contributed by atoms with Crippen molar-refractivity contribution in [3.63, 3.8) is 0 Å². The standard InChI is InChI=1S/C14H20Cl2N2O2/c1-5-17-13(14(2,3)4)7-9-6-10(15)11(16)8-12(9)18(19)20/h6,8,13,17H,5,7H2,1-4H3. The van der Waals surface area contributed by atoms with Gasteiger partial charge < -0.3 is 5.32 Å². The quantitative estimate of drug-likeness (QED) is 0.643. The van der Waals surface area contributed by atoms with Gasteiger partial charge in [-0.2, -0.15) is 0 Å². The Hall–Kier alpha value is -0.840. The molecule has 0 aliphatic rings. The maximum atomic E-state index is 11.2. The highest BCUT2D eigenvalue weighted by Gasteiger charge is 2.27. The lowest BCUT2D eigenvalue weighted by atomic mass is 9.82. The molecule has 0 fully saturated rings. The van der Waals surface area contributed by atoms with Gasteiger partial charge in [0.2, 0.25) is 0 Å². The molecule has 0 heterocycles. The Bertz CT molecular complexity index is 499. The molecule has 0 aliphatic heterocycles. The Kier molecular flexibility index (Phi) is 5.80. The van der Waals surface area contributed by atoms with Crippen LogP contribution in [0.5, 0.6) is 0 Å². The zero-order valence-electron chi connectivity index (χ0n) is 12.2. The van der Waals surface area contributed by atoms with Crippen LogP contribution in [0.4, 0.5) is 5.69 Å². The Labute approximate surface area is 129 Å². The van der Waals surface area contributed by atoms with E-state index in [1.165, 1.54) is 6.07 Å². The van der Waals surface area contributed by atoms with Gasteiger partial charge in [0.25, 0.3) is 5.69 Å². The van der Waals surface area contributed by atoms with Gasteiger partial charge in [-0.3, -0.25) is 10.1 Å². The zero-order valence-corrected chi connectivity index (χ0v) is 13.7. The van der Waals surface area contributed by atoms with Crippen molar-refractivity contribution in [1.29, 1.82) is 0 Å². The van der Waals surface area contributed by atoms with E-state index in [4.69, 9.17) is 23.2 Å². The lowest BCUT2D eigenvalue weighted by Gasteiger charge is -2.31. The van der Waals surface area contributed by atoms with Gasteiger partial charge in [0.05, 0.1) is 15.0 Å². The van der Waals surface area contributed by atoms with E-state index in [0.717, 1.165) is 6.54 Å². The Morgan fingerprint density at radius 1 is 1.30 bits per heavy atom. The number of nitrogens with one attached hydrogen (secondary N) is 1. The van der Waals surface area contributed by atoms with Crippen molar-refractivity contribution in [2.75, 3.05) is 6.54 Å². The summed E-state index contributed by atoms with van der Waals surface area (Å²) in [6.45, 7) is 9.12. The van der Waals surface area contributed by atoms with Crippen molar-refractivity contribution in [3.8, 4) is 0 Å². The van der Waals surface area contributed by atoms with Gasteiger partial charge in [-0.15, -0.1) is 0 Å². The lowest BCUT2D eigenvalue weighted by Crippen LogP contribution is -2.42. The zero-order chi connectivity index (χ0) is 15.5. The minimum Gasteiger partial charge on any atom is -0.313 e. The van der Waals surface area contributed by atoms with Crippen LogP contribution >= 0.6 is 23.2 Å². The highest BCUT2D eigenvalue weighted by molar-refractivity contribution is 6.42. The van der Waals surface area contributed by atoms with Crippen LogP contribution < -0.4 is 5.32 Å². The van der Waals surface area contributed by atoms with E-state index in [1.807, 2.05) is 6.92 Å². The van der Waals surface area contributed by atoms with E-state index in [9.17, 15) is 10.1 Å². The normalized spacial score (nSPS) is 13.3. The van der Waals surface area contributed by atoms with Crippen LogP contribution in [0.3, 0.4) is 0 Å². The van der Waals surface area contributed by atoms with E-state index >= 15 is 0 Å². The number of hydrogen-bond acceptors (Lipinski definition) is 3. The van der Waals surface area contributed by atoms with Crippen molar-refractivity contribution in [1.82, 2.24) is 5.32 Å². The van der Waals surface area contributed by atoms with Crippen molar-refractivity contribution >= 4 is 28.9 Å². The van der Waals surface area contributed by atoms with Crippen LogP contribution in [-0.4, -0.2) is 17.5 Å². The van der Waals surface area contributed by atoms with Gasteiger partial charge in [-0.05, 0) is 24.4 Å². The number of nitro groups is 1. The molecule has 0 saturated heterocycles. The SMILES string of the molecule is CCNC(Cc1cc(Cl)c(Cl)cc1[N+](=O)[O-])C(C)(C)C. The molecule has 0 saturated carbocycles. The minimum absolute atomic E-state index is 0.0179. The number of rotatable bonds is 5. The van der Waals surface area contributed by atoms with Crippen molar-refractivity contribution in [3.05, 3.63) is 37.9 Å². The van der Waals surface area contributed by atoms with Gasteiger partial charge in [0, 0.05) is 17.7 Å². The molecular formula is C14H20Cl2N2O2. The third-order valence-electron chi connectivity index (χ3n) is 3.24. The molecule has 1 atom stereocenters. The van der Waals surface area contributed by atoms with Crippen LogP contribution in [0.1, 0.15) is 33.3 Å². The fourth-order valence-electron chi connectivity index (χ4n) is 2.06. The Morgan fingerprint density at radius 2 is 1.85 bits per heavy atom. The first-order valence-electron chi connectivity index (χ1n) is 6.52. The average molecular weight is 319 g/mol. The van der Waals surface area contributed by atoms with E-state index in [2.05, 4.69) is 26.1 Å². The molecule has 1 aromatic carbocycles. The minimum atomic E-state index is -0.413. The topological polar surface area (TPSA) is 55.2 Å². The van der Waals surface area contributed by atoms with E-state index < -0.39 is 4.92 Å². The maximum Gasteiger partial charge on any atom is 0.274 e. The van der Waals surface area contributed by atoms with Gasteiger partial charge in [-0.1, -0.05) is 50.9 Å². The molecule has 0 amide bonds. The summed E-state index contributed by atoms with van der Waals surface area (Å²) in [5.74, 6) is 0. The second-order valence-electron chi connectivity index (χ2n) is 5.83. The number of hydrogen-bond donors (Lipinski definition) is 1. The second kappa shape index (κ2) is 6.74. The summed E-state index contributed by atoms with van der Waals surface area (Å²) in [5.41, 5.74) is 0.604. The van der Waals surface area contributed by atoms with Crippen LogP contribution in [0.2, 0.25) is 10.0 Å². The molecule has 4 nitrogen and oxygen atoms in total. The van der Waals surface area contributed by atoms with E-state index in [0.29, 0.717) is 17.0 Å². The van der Waals surface area contributed by atoms with Crippen LogP contribution in [0.15, 0.2) is 12.1 Å². The Balaban J connectivity index is 3.18. The first kappa shape index (κ1) is 17.2. The highest BCUT2D eigenvalue weighted by atomic mass is 35.5. The first-order valence-corrected chi connectivity index (χ1v) is 7.28. The third kappa shape index (κ3) is 4.33. The van der Waals surface area contributed by atoms with E-state index in [1.54, 1.807) is 6.07 Å². The molecule has 0 radical (unpaired) electrons. The van der Waals surface area contributed by atoms with Crippen LogP contribution in [0.25, 0.3) is 0 Å². The third-order valence-corrected chi connectivity index (χ3v) is 3.96. The molecule has 112 valence electrons. The first-order chi connectivity index (χ1) is 9.16. The summed E-state index contributed by atoms with van der Waals surface area (Å²) < 4.78 is 0. The summed E-state index contributed by atoms with van der Waals surface area (Å²) >= 11 is 11.9. The molecule has 20 heavy (non-hydrogen) atoms. The molecule has 0 bridgehead atoms. The fourth-order valence-corrected chi connectivity index (χ4v) is 2.41. The van der Waals surface area contributed by atoms with Crippen molar-refractivity contribution in [2.24, 2.45) is 5.41 Å². The smallest absolute Gasteiger partial charge is 0.274 e. The van der Waals surface area contributed by atoms with Gasteiger partial charge in [0.15, 0.2) is 0 Å². The van der Waals surface area contributed by atoms with Crippen LogP contribution in [-0.2, 0) is 6.42 Å². The summed E-state index contributed by atoms with van der Waals surface area (Å²) in [6, 6.07) is 3.03. The predicted octanol–water partition coefficient (Wildman–Crippen LogP) is 4.47. The summed E-state index contributed by atoms with van der Waals surface area (Å²) in [7, 11) is 0. The molecule has 1 unspecified atom stereocenters. The monoisotopic (exact) mass is 318 g/mol. The van der Waals surface area contributed by atoms with E-state index in [-0.39, 0.29) is 22.2 Å². The predicted molar refractivity (Wildman–Crippen MR) is 83.7 cm³/mol. The van der Waals surface area contributed by atoms with Crippen molar-refractivity contribution in [2.45, 2.75) is 40.2 Å². The fraction of sp³-hybridized carbons (Fsp3) is 0.571. The largest absolute Gasteiger partial charge is 0.313 e.